The number of methoxy groups -OCH3 is 3. The number of carboxylic acid groups (broad SMARTS) is 1. The summed E-state index contributed by atoms with van der Waals surface area (Å²) in [5, 5.41) is 22.5. The Hall–Kier alpha value is -5.94. The van der Waals surface area contributed by atoms with Gasteiger partial charge < -0.3 is 58.2 Å². The van der Waals surface area contributed by atoms with Crippen molar-refractivity contribution in [3.8, 4) is 23.0 Å². The number of aryl methyl sites for hydroxylation is 2. The average molecular weight is 1020 g/mol. The predicted octanol–water partition coefficient (Wildman–Crippen LogP) is 7.35. The topological polar surface area (TPSA) is 209 Å². The Morgan fingerprint density at radius 2 is 1.03 bits per heavy atom. The number of carboxylic acids is 1. The summed E-state index contributed by atoms with van der Waals surface area (Å²) in [7, 11) is 8.96. The molecule has 0 aliphatic rings. The second kappa shape index (κ2) is 28.2. The number of benzene rings is 4. The number of halogens is 6. The number of ether oxygens (including phenoxy) is 5. The second-order valence-electron chi connectivity index (χ2n) is 15.2. The maximum absolute atomic E-state index is 13.2. The van der Waals surface area contributed by atoms with Crippen molar-refractivity contribution in [3.63, 3.8) is 0 Å². The van der Waals surface area contributed by atoms with Gasteiger partial charge in [-0.25, -0.2) is 9.59 Å². The van der Waals surface area contributed by atoms with Crippen LogP contribution in [0.2, 0.25) is 0 Å². The maximum atomic E-state index is 13.2. The SMILES string of the molecule is CCCc1c(OCCCN(C)c2ccc(C(=O)O)c(OC)c2)ccc2c(C(F)(F)F)noc12.CCCc1c(OCCCN(C)c2ccc(C(=O)OC)c(OC)c2)ccc2c(C(F)(F)F)noc12.CO.[Na+].[OH-]. The van der Waals surface area contributed by atoms with Gasteiger partial charge in [0.1, 0.15) is 34.1 Å². The number of carbonyl (C=O) groups is 2. The van der Waals surface area contributed by atoms with Crippen molar-refractivity contribution < 1.29 is 114 Å². The molecule has 0 amide bonds. The molecule has 0 saturated heterocycles. The molecule has 23 heteroatoms. The number of aliphatic hydroxyl groups excluding tert-OH is 1. The molecular formula is C48H57F6N4NaO12. The van der Waals surface area contributed by atoms with Crippen LogP contribution in [0.1, 0.15) is 82.8 Å². The van der Waals surface area contributed by atoms with Crippen molar-refractivity contribution in [1.82, 2.24) is 10.3 Å². The molecule has 0 saturated carbocycles. The van der Waals surface area contributed by atoms with E-state index in [9.17, 15) is 41.0 Å². The van der Waals surface area contributed by atoms with E-state index in [0.29, 0.717) is 98.8 Å². The molecule has 2 heterocycles. The quantitative estimate of drug-likeness (QED) is 0.0332. The summed E-state index contributed by atoms with van der Waals surface area (Å²) in [6, 6.07) is 15.8. The molecule has 0 radical (unpaired) electrons. The molecule has 6 rings (SSSR count). The minimum absolute atomic E-state index is 0. The van der Waals surface area contributed by atoms with Gasteiger partial charge in [-0.15, -0.1) is 0 Å². The van der Waals surface area contributed by atoms with Gasteiger partial charge in [0, 0.05) is 68.9 Å². The van der Waals surface area contributed by atoms with E-state index in [1.165, 1.54) is 45.6 Å². The maximum Gasteiger partial charge on any atom is 1.00 e. The number of nitrogens with zero attached hydrogens (tertiary/aromatic N) is 4. The van der Waals surface area contributed by atoms with E-state index in [-0.39, 0.29) is 68.3 Å². The van der Waals surface area contributed by atoms with Crippen molar-refractivity contribution in [2.24, 2.45) is 0 Å². The zero-order chi connectivity index (χ0) is 51.1. The van der Waals surface area contributed by atoms with Gasteiger partial charge in [0.05, 0.1) is 45.3 Å². The van der Waals surface area contributed by atoms with E-state index in [1.807, 2.05) is 37.7 Å². The number of fused-ring (bicyclic) bond motifs is 2. The number of hydrogen-bond donors (Lipinski definition) is 2. The van der Waals surface area contributed by atoms with Crippen LogP contribution in [-0.4, -0.2) is 107 Å². The summed E-state index contributed by atoms with van der Waals surface area (Å²) >= 11 is 0. The van der Waals surface area contributed by atoms with E-state index in [1.54, 1.807) is 36.4 Å². The summed E-state index contributed by atoms with van der Waals surface area (Å²) in [6.07, 6.45) is -5.50. The minimum atomic E-state index is -4.59. The summed E-state index contributed by atoms with van der Waals surface area (Å²) in [4.78, 5) is 27.0. The number of alkyl halides is 6. The zero-order valence-corrected chi connectivity index (χ0v) is 42.9. The van der Waals surface area contributed by atoms with Crippen LogP contribution in [-0.2, 0) is 29.9 Å². The fraction of sp³-hybridized carbons (Fsp3) is 0.417. The first-order chi connectivity index (χ1) is 32.9. The molecular weight excluding hydrogens is 962 g/mol. The van der Waals surface area contributed by atoms with Crippen molar-refractivity contribution >= 4 is 45.3 Å². The van der Waals surface area contributed by atoms with Gasteiger partial charge in [0.25, 0.3) is 0 Å². The van der Waals surface area contributed by atoms with Crippen molar-refractivity contribution in [3.05, 3.63) is 94.3 Å². The molecule has 384 valence electrons. The molecule has 4 aromatic carbocycles. The first-order valence-electron chi connectivity index (χ1n) is 21.6. The molecule has 16 nitrogen and oxygen atoms in total. The molecule has 0 unspecified atom stereocenters. The molecule has 0 aliphatic carbocycles. The fourth-order valence-electron chi connectivity index (χ4n) is 7.25. The summed E-state index contributed by atoms with van der Waals surface area (Å²) in [5.74, 6) is 0.105. The minimum Gasteiger partial charge on any atom is -0.870 e. The third-order valence-electron chi connectivity index (χ3n) is 10.6. The van der Waals surface area contributed by atoms with E-state index >= 15 is 0 Å². The summed E-state index contributed by atoms with van der Waals surface area (Å²) < 4.78 is 116. The predicted molar refractivity (Wildman–Crippen MR) is 247 cm³/mol. The standard InChI is InChI=1S/C24H27F3N2O5.C23H25F3N2O5.CH4O.Na.H2O/c1-5-7-16-19(11-10-18-21(16)34-28-22(18)24(25,26)27)33-13-6-12-29(2)15-8-9-17(23(30)32-4)20(14-15)31-3;1-4-6-15-18(10-9-17-20(15)33-27-21(17)23(24,25)26)32-12-5-11-28(2)14-7-8-16(22(29)30)19(13-14)31-3;1-2;;/h8-11,14H,5-7,12-13H2,1-4H3;7-10,13H,4-6,11-12H2,1-3H3,(H,29,30);2H,1H3;;1H2/q;;;+1;/p-1. The van der Waals surface area contributed by atoms with Gasteiger partial charge in [-0.1, -0.05) is 37.0 Å². The first kappa shape index (κ1) is 61.2. The van der Waals surface area contributed by atoms with Gasteiger partial charge in [-0.05, 0) is 74.2 Å². The Morgan fingerprint density at radius 1 is 0.634 bits per heavy atom. The Bertz CT molecular complexity index is 2640. The average Bonchev–Trinajstić information content (AvgIpc) is 3.99. The van der Waals surface area contributed by atoms with Crippen LogP contribution in [0.3, 0.4) is 0 Å². The van der Waals surface area contributed by atoms with Gasteiger partial charge in [0.2, 0.25) is 0 Å². The zero-order valence-electron chi connectivity index (χ0n) is 40.9. The molecule has 71 heavy (non-hydrogen) atoms. The van der Waals surface area contributed by atoms with Crippen LogP contribution in [0, 0.1) is 0 Å². The molecule has 0 aliphatic heterocycles. The first-order valence-corrected chi connectivity index (χ1v) is 21.6. The van der Waals surface area contributed by atoms with E-state index in [4.69, 9.17) is 37.8 Å². The third-order valence-corrected chi connectivity index (χ3v) is 10.6. The molecule has 6 aromatic rings. The molecule has 0 bridgehead atoms. The smallest absolute Gasteiger partial charge is 0.870 e. The Kier molecular flexibility index (Phi) is 24.3. The number of anilines is 2. The van der Waals surface area contributed by atoms with Gasteiger partial charge in [-0.3, -0.25) is 0 Å². The summed E-state index contributed by atoms with van der Waals surface area (Å²) in [6.45, 7) is 5.76. The largest absolute Gasteiger partial charge is 1.00 e. The van der Waals surface area contributed by atoms with Crippen LogP contribution in [0.5, 0.6) is 23.0 Å². The summed E-state index contributed by atoms with van der Waals surface area (Å²) in [5.41, 5.74) is 1.36. The molecule has 3 N–H and O–H groups in total. The van der Waals surface area contributed by atoms with Gasteiger partial charge >= 0.3 is 53.8 Å². The van der Waals surface area contributed by atoms with E-state index < -0.39 is 35.7 Å². The third kappa shape index (κ3) is 15.5. The van der Waals surface area contributed by atoms with Gasteiger partial charge in [0.15, 0.2) is 22.6 Å². The monoisotopic (exact) mass is 1020 g/mol. The van der Waals surface area contributed by atoms with Crippen molar-refractivity contribution in [2.75, 3.05) is 78.6 Å². The normalized spacial score (nSPS) is 11.0. The molecule has 0 atom stereocenters. The number of aromatic nitrogens is 2. The Labute approximate surface area is 428 Å². The fourth-order valence-corrected chi connectivity index (χ4v) is 7.25. The number of carbonyl (C=O) groups excluding carboxylic acids is 1. The number of esters is 1. The van der Waals surface area contributed by atoms with Crippen molar-refractivity contribution in [2.45, 2.75) is 64.7 Å². The number of rotatable bonds is 20. The number of hydrogen-bond acceptors (Lipinski definition) is 15. The van der Waals surface area contributed by atoms with Gasteiger partial charge in [-0.2, -0.15) is 26.3 Å². The molecule has 0 fully saturated rings. The second-order valence-corrected chi connectivity index (χ2v) is 15.2. The Morgan fingerprint density at radius 3 is 1.38 bits per heavy atom. The van der Waals surface area contributed by atoms with E-state index in [2.05, 4.69) is 10.3 Å². The number of aliphatic hydroxyl groups is 1. The number of aromatic carboxylic acids is 1. The molecule has 0 spiro atoms. The van der Waals surface area contributed by atoms with Crippen LogP contribution in [0.15, 0.2) is 69.7 Å². The van der Waals surface area contributed by atoms with Crippen LogP contribution in [0.4, 0.5) is 37.7 Å². The van der Waals surface area contributed by atoms with Crippen LogP contribution >= 0.6 is 0 Å². The van der Waals surface area contributed by atoms with Crippen LogP contribution in [0.25, 0.3) is 21.9 Å². The van der Waals surface area contributed by atoms with Crippen LogP contribution < -0.4 is 58.3 Å². The molecule has 2 aromatic heterocycles. The van der Waals surface area contributed by atoms with E-state index in [0.717, 1.165) is 18.5 Å². The Balaban J connectivity index is 0.000000458. The van der Waals surface area contributed by atoms with Crippen molar-refractivity contribution in [1.29, 1.82) is 0 Å².